The van der Waals surface area contributed by atoms with Gasteiger partial charge in [-0.15, -0.1) is 0 Å². The van der Waals surface area contributed by atoms with Gasteiger partial charge in [0.1, 0.15) is 5.82 Å². The fraction of sp³-hybridized carbons (Fsp3) is 0.167. The number of oxime groups is 1. The molecule has 1 aromatic heterocycles. The van der Waals surface area contributed by atoms with Crippen LogP contribution in [0.1, 0.15) is 12.0 Å². The number of carbonyl (C=O) groups is 1. The number of hydrogen-bond acceptors (Lipinski definition) is 7. The van der Waals surface area contributed by atoms with Gasteiger partial charge in [-0.25, -0.2) is 17.8 Å². The molecule has 1 unspecified atom stereocenters. The second-order valence-corrected chi connectivity index (χ2v) is 9.30. The summed E-state index contributed by atoms with van der Waals surface area (Å²) < 4.78 is 37.3. The second-order valence-electron chi connectivity index (χ2n) is 6.26. The maximum atomic E-state index is 13.3. The van der Waals surface area contributed by atoms with E-state index >= 15 is 0 Å². The summed E-state index contributed by atoms with van der Waals surface area (Å²) in [4.78, 5) is 22.1. The van der Waals surface area contributed by atoms with Crippen molar-refractivity contribution in [1.29, 1.82) is 0 Å². The summed E-state index contributed by atoms with van der Waals surface area (Å²) in [5.74, 6) is -0.825. The van der Waals surface area contributed by atoms with E-state index < -0.39 is 27.7 Å². The van der Waals surface area contributed by atoms with Crippen LogP contribution in [-0.4, -0.2) is 37.4 Å². The lowest BCUT2D eigenvalue weighted by atomic mass is 10.0. The number of nitrogens with zero attached hydrogens (tertiary/aromatic N) is 2. The third kappa shape index (κ3) is 3.73. The summed E-state index contributed by atoms with van der Waals surface area (Å²) in [6, 6.07) is 10.5. The molecule has 1 aliphatic heterocycles. The molecule has 0 bridgehead atoms. The van der Waals surface area contributed by atoms with Gasteiger partial charge < -0.3 is 4.84 Å². The molecule has 0 saturated carbocycles. The second kappa shape index (κ2) is 6.95. The zero-order valence-electron chi connectivity index (χ0n) is 14.5. The zero-order valence-corrected chi connectivity index (χ0v) is 16.2. The molecule has 0 saturated heterocycles. The van der Waals surface area contributed by atoms with Crippen molar-refractivity contribution in [2.45, 2.75) is 17.4 Å². The van der Waals surface area contributed by atoms with Crippen LogP contribution in [0.5, 0.6) is 0 Å². The minimum absolute atomic E-state index is 0.189. The first kappa shape index (κ1) is 18.5. The van der Waals surface area contributed by atoms with Crippen molar-refractivity contribution in [3.8, 4) is 0 Å². The largest absolute Gasteiger partial charge is 0.382 e. The van der Waals surface area contributed by atoms with Crippen LogP contribution in [0.4, 0.5) is 9.52 Å². The Morgan fingerprint density at radius 3 is 2.86 bits per heavy atom. The Labute approximate surface area is 163 Å². The lowest BCUT2D eigenvalue weighted by Gasteiger charge is -2.06. The summed E-state index contributed by atoms with van der Waals surface area (Å²) in [6.45, 7) is 0. The molecule has 28 heavy (non-hydrogen) atoms. The van der Waals surface area contributed by atoms with Crippen LogP contribution in [-0.2, 0) is 19.5 Å². The van der Waals surface area contributed by atoms with Gasteiger partial charge in [0.2, 0.25) is 6.10 Å². The number of fused-ring (bicyclic) bond motifs is 1. The van der Waals surface area contributed by atoms with Crippen molar-refractivity contribution in [2.75, 3.05) is 11.6 Å². The Bertz CT molecular complexity index is 1220. The van der Waals surface area contributed by atoms with E-state index in [0.29, 0.717) is 26.6 Å². The first-order valence-electron chi connectivity index (χ1n) is 8.20. The first-order chi connectivity index (χ1) is 13.3. The molecule has 2 heterocycles. The Hall–Kier alpha value is -2.85. The van der Waals surface area contributed by atoms with E-state index in [9.17, 15) is 17.6 Å². The molecule has 4 rings (SSSR count). The van der Waals surface area contributed by atoms with Gasteiger partial charge >= 0.3 is 0 Å². The minimum Gasteiger partial charge on any atom is -0.382 e. The van der Waals surface area contributed by atoms with Crippen molar-refractivity contribution >= 4 is 48.1 Å². The lowest BCUT2D eigenvalue weighted by molar-refractivity contribution is -0.125. The molecule has 0 spiro atoms. The average Bonchev–Trinajstić information content (AvgIpc) is 3.27. The molecule has 1 amide bonds. The van der Waals surface area contributed by atoms with Gasteiger partial charge in [0.25, 0.3) is 5.91 Å². The van der Waals surface area contributed by atoms with Gasteiger partial charge in [0, 0.05) is 18.2 Å². The molecule has 2 aromatic carbocycles. The van der Waals surface area contributed by atoms with E-state index in [4.69, 9.17) is 4.84 Å². The number of amides is 1. The number of halogens is 1. The maximum Gasteiger partial charge on any atom is 0.270 e. The van der Waals surface area contributed by atoms with E-state index in [1.54, 1.807) is 18.2 Å². The predicted octanol–water partition coefficient (Wildman–Crippen LogP) is 2.97. The molecule has 7 nitrogen and oxygen atoms in total. The Balaban J connectivity index is 1.47. The van der Waals surface area contributed by atoms with Crippen molar-refractivity contribution in [3.63, 3.8) is 0 Å². The topological polar surface area (TPSA) is 97.7 Å². The van der Waals surface area contributed by atoms with Crippen LogP contribution in [0.25, 0.3) is 10.2 Å². The van der Waals surface area contributed by atoms with Gasteiger partial charge in [-0.2, -0.15) is 0 Å². The van der Waals surface area contributed by atoms with Crippen LogP contribution < -0.4 is 5.32 Å². The number of nitrogens with one attached hydrogen (secondary N) is 1. The fourth-order valence-electron chi connectivity index (χ4n) is 2.73. The SMILES string of the molecule is CS(=O)(=O)c1ccc2nc(NC(=O)C3CC(c4cccc(F)c4)=NO3)sc2c1. The summed E-state index contributed by atoms with van der Waals surface area (Å²) >= 11 is 1.16. The number of rotatable bonds is 4. The molecule has 0 radical (unpaired) electrons. The highest BCUT2D eigenvalue weighted by Crippen LogP contribution is 2.29. The zero-order chi connectivity index (χ0) is 19.9. The highest BCUT2D eigenvalue weighted by Gasteiger charge is 2.29. The first-order valence-corrected chi connectivity index (χ1v) is 10.9. The summed E-state index contributed by atoms with van der Waals surface area (Å²) in [5, 5.41) is 6.87. The Kier molecular flexibility index (Phi) is 4.60. The third-order valence-electron chi connectivity index (χ3n) is 4.14. The van der Waals surface area contributed by atoms with Crippen molar-refractivity contribution in [3.05, 3.63) is 53.8 Å². The summed E-state index contributed by atoms with van der Waals surface area (Å²) in [7, 11) is -3.33. The quantitative estimate of drug-likeness (QED) is 0.701. The number of benzene rings is 2. The van der Waals surface area contributed by atoms with Crippen molar-refractivity contribution < 1.29 is 22.4 Å². The van der Waals surface area contributed by atoms with Gasteiger partial charge in [0.05, 0.1) is 20.8 Å². The van der Waals surface area contributed by atoms with Crippen LogP contribution in [0.3, 0.4) is 0 Å². The highest BCUT2D eigenvalue weighted by atomic mass is 32.2. The van der Waals surface area contributed by atoms with Crippen LogP contribution in [0.15, 0.2) is 52.5 Å². The number of aromatic nitrogens is 1. The van der Waals surface area contributed by atoms with Crippen LogP contribution in [0.2, 0.25) is 0 Å². The normalized spacial score (nSPS) is 16.6. The van der Waals surface area contributed by atoms with Crippen LogP contribution in [0, 0.1) is 5.82 Å². The predicted molar refractivity (Wildman–Crippen MR) is 104 cm³/mol. The Morgan fingerprint density at radius 2 is 2.11 bits per heavy atom. The van der Waals surface area contributed by atoms with E-state index in [2.05, 4.69) is 15.5 Å². The molecule has 144 valence electrons. The average molecular weight is 419 g/mol. The van der Waals surface area contributed by atoms with E-state index in [1.807, 2.05) is 0 Å². The van der Waals surface area contributed by atoms with Crippen molar-refractivity contribution in [1.82, 2.24) is 4.98 Å². The van der Waals surface area contributed by atoms with E-state index in [0.717, 1.165) is 17.6 Å². The van der Waals surface area contributed by atoms with Gasteiger partial charge in [-0.1, -0.05) is 28.6 Å². The van der Waals surface area contributed by atoms with Crippen LogP contribution >= 0.6 is 11.3 Å². The van der Waals surface area contributed by atoms with Gasteiger partial charge in [-0.3, -0.25) is 10.1 Å². The monoisotopic (exact) mass is 419 g/mol. The molecule has 10 heteroatoms. The number of sulfone groups is 1. The molecule has 0 aliphatic carbocycles. The molecular formula is C18H14FN3O4S2. The van der Waals surface area contributed by atoms with Gasteiger partial charge in [0.15, 0.2) is 15.0 Å². The van der Waals surface area contributed by atoms with Crippen molar-refractivity contribution in [2.24, 2.45) is 5.16 Å². The maximum absolute atomic E-state index is 13.3. The number of hydrogen-bond donors (Lipinski definition) is 1. The lowest BCUT2D eigenvalue weighted by Crippen LogP contribution is -2.27. The summed E-state index contributed by atoms with van der Waals surface area (Å²) in [6.07, 6.45) is 0.487. The third-order valence-corrected chi connectivity index (χ3v) is 6.18. The van der Waals surface area contributed by atoms with E-state index in [1.165, 1.54) is 24.3 Å². The van der Waals surface area contributed by atoms with E-state index in [-0.39, 0.29) is 11.3 Å². The molecular weight excluding hydrogens is 405 g/mol. The fourth-order valence-corrected chi connectivity index (χ4v) is 4.36. The molecule has 0 fully saturated rings. The number of anilines is 1. The number of thiazole rings is 1. The smallest absolute Gasteiger partial charge is 0.270 e. The standard InChI is InChI=1S/C18H14FN3O4S2/c1-28(24,25)12-5-6-13-16(8-12)27-18(20-13)21-17(23)15-9-14(22-26-15)10-3-2-4-11(19)7-10/h2-8,15H,9H2,1H3,(H,20,21,23). The minimum atomic E-state index is -3.33. The molecule has 3 aromatic rings. The number of carbonyl (C=O) groups excluding carboxylic acids is 1. The molecule has 1 aliphatic rings. The Morgan fingerprint density at radius 1 is 1.29 bits per heavy atom. The highest BCUT2D eigenvalue weighted by molar-refractivity contribution is 7.90. The molecule has 1 N–H and O–H groups in total. The summed E-state index contributed by atoms with van der Waals surface area (Å²) in [5.41, 5.74) is 1.63. The molecule has 1 atom stereocenters. The van der Waals surface area contributed by atoms with Gasteiger partial charge in [-0.05, 0) is 30.3 Å².